The SMILES string of the molecule is Cc1ccc(S(=O)(=O)N2CCC(C(=O)NNc3ccccc3)CC2)c(C)c1. The van der Waals surface area contributed by atoms with Gasteiger partial charge in [-0.25, -0.2) is 8.42 Å². The summed E-state index contributed by atoms with van der Waals surface area (Å²) in [5.41, 5.74) is 8.20. The van der Waals surface area contributed by atoms with E-state index in [1.807, 2.05) is 56.3 Å². The zero-order chi connectivity index (χ0) is 19.4. The van der Waals surface area contributed by atoms with Crippen LogP contribution in [0.15, 0.2) is 53.4 Å². The predicted molar refractivity (Wildman–Crippen MR) is 106 cm³/mol. The molecule has 6 nitrogen and oxygen atoms in total. The average molecular weight is 388 g/mol. The highest BCUT2D eigenvalue weighted by Gasteiger charge is 2.32. The lowest BCUT2D eigenvalue weighted by atomic mass is 9.98. The first kappa shape index (κ1) is 19.4. The number of nitrogens with zero attached hydrogens (tertiary/aromatic N) is 1. The number of hydrogen-bond donors (Lipinski definition) is 2. The molecule has 1 amide bonds. The Morgan fingerprint density at radius 2 is 1.70 bits per heavy atom. The monoisotopic (exact) mass is 387 g/mol. The standard InChI is InChI=1S/C20H25N3O3S/c1-15-8-9-19(16(2)14-15)27(25,26)23-12-10-17(11-13-23)20(24)22-21-18-6-4-3-5-7-18/h3-9,14,17,21H,10-13H2,1-2H3,(H,22,24). The molecule has 0 saturated carbocycles. The second-order valence-corrected chi connectivity index (χ2v) is 8.83. The molecule has 0 aliphatic carbocycles. The Labute approximate surface area is 160 Å². The third-order valence-corrected chi connectivity index (χ3v) is 6.94. The normalized spacial score (nSPS) is 16.1. The molecule has 3 rings (SSSR count). The summed E-state index contributed by atoms with van der Waals surface area (Å²) in [5.74, 6) is -0.311. The molecular weight excluding hydrogens is 362 g/mol. The molecule has 0 radical (unpaired) electrons. The Kier molecular flexibility index (Phi) is 5.82. The minimum atomic E-state index is -3.53. The van der Waals surface area contributed by atoms with E-state index in [0.717, 1.165) is 16.8 Å². The number of amides is 1. The lowest BCUT2D eigenvalue weighted by Gasteiger charge is -2.31. The van der Waals surface area contributed by atoms with Gasteiger partial charge in [0.25, 0.3) is 0 Å². The van der Waals surface area contributed by atoms with E-state index in [1.54, 1.807) is 6.07 Å². The van der Waals surface area contributed by atoms with Gasteiger partial charge >= 0.3 is 0 Å². The molecule has 0 bridgehead atoms. The summed E-state index contributed by atoms with van der Waals surface area (Å²) in [7, 11) is -3.53. The van der Waals surface area contributed by atoms with Crippen molar-refractivity contribution in [2.45, 2.75) is 31.6 Å². The molecule has 0 unspecified atom stereocenters. The number of anilines is 1. The van der Waals surface area contributed by atoms with Gasteiger partial charge in [-0.15, -0.1) is 0 Å². The van der Waals surface area contributed by atoms with Gasteiger partial charge in [0.1, 0.15) is 0 Å². The van der Waals surface area contributed by atoms with Crippen LogP contribution in [0.4, 0.5) is 5.69 Å². The lowest BCUT2D eigenvalue weighted by Crippen LogP contribution is -2.44. The second-order valence-electron chi connectivity index (χ2n) is 6.93. The van der Waals surface area contributed by atoms with Gasteiger partial charge in [0.05, 0.1) is 10.6 Å². The largest absolute Gasteiger partial charge is 0.299 e. The molecule has 27 heavy (non-hydrogen) atoms. The van der Waals surface area contributed by atoms with Gasteiger partial charge in [0, 0.05) is 19.0 Å². The van der Waals surface area contributed by atoms with Crippen LogP contribution in [-0.4, -0.2) is 31.7 Å². The first-order valence-corrected chi connectivity index (χ1v) is 10.5. The fourth-order valence-electron chi connectivity index (χ4n) is 3.34. The number of nitrogens with one attached hydrogen (secondary N) is 2. The van der Waals surface area contributed by atoms with Crippen LogP contribution in [0.25, 0.3) is 0 Å². The molecule has 0 aromatic heterocycles. The van der Waals surface area contributed by atoms with Crippen molar-refractivity contribution in [1.29, 1.82) is 0 Å². The molecule has 1 heterocycles. The van der Waals surface area contributed by atoms with Crippen LogP contribution in [-0.2, 0) is 14.8 Å². The average Bonchev–Trinajstić information content (AvgIpc) is 2.66. The maximum absolute atomic E-state index is 12.9. The number of aryl methyl sites for hydroxylation is 2. The third-order valence-electron chi connectivity index (χ3n) is 4.88. The molecule has 0 spiro atoms. The van der Waals surface area contributed by atoms with Crippen LogP contribution in [0, 0.1) is 19.8 Å². The van der Waals surface area contributed by atoms with E-state index >= 15 is 0 Å². The number of piperidine rings is 1. The highest BCUT2D eigenvalue weighted by molar-refractivity contribution is 7.89. The van der Waals surface area contributed by atoms with Gasteiger partial charge in [-0.05, 0) is 50.5 Å². The van der Waals surface area contributed by atoms with Crippen molar-refractivity contribution >= 4 is 21.6 Å². The van der Waals surface area contributed by atoms with Gasteiger partial charge in [-0.3, -0.25) is 15.6 Å². The summed E-state index contributed by atoms with van der Waals surface area (Å²) in [4.78, 5) is 12.7. The van der Waals surface area contributed by atoms with E-state index in [4.69, 9.17) is 0 Å². The van der Waals surface area contributed by atoms with Crippen LogP contribution < -0.4 is 10.9 Å². The maximum atomic E-state index is 12.9. The highest BCUT2D eigenvalue weighted by atomic mass is 32.2. The van der Waals surface area contributed by atoms with E-state index < -0.39 is 10.0 Å². The molecule has 1 aliphatic rings. The number of hydrazine groups is 1. The number of carbonyl (C=O) groups is 1. The minimum absolute atomic E-state index is 0.109. The summed E-state index contributed by atoms with van der Waals surface area (Å²) >= 11 is 0. The third kappa shape index (κ3) is 4.48. The van der Waals surface area contributed by atoms with Crippen molar-refractivity contribution in [3.05, 3.63) is 59.7 Å². The summed E-state index contributed by atoms with van der Waals surface area (Å²) in [6.45, 7) is 4.45. The van der Waals surface area contributed by atoms with Crippen molar-refractivity contribution in [3.63, 3.8) is 0 Å². The van der Waals surface area contributed by atoms with Crippen LogP contribution in [0.5, 0.6) is 0 Å². The van der Waals surface area contributed by atoms with E-state index in [-0.39, 0.29) is 11.8 Å². The minimum Gasteiger partial charge on any atom is -0.299 e. The Morgan fingerprint density at radius 3 is 2.33 bits per heavy atom. The number of sulfonamides is 1. The molecule has 0 atom stereocenters. The molecule has 144 valence electrons. The van der Waals surface area contributed by atoms with E-state index in [1.165, 1.54) is 4.31 Å². The van der Waals surface area contributed by atoms with Gasteiger partial charge in [-0.2, -0.15) is 4.31 Å². The second kappa shape index (κ2) is 8.10. The Bertz CT molecular complexity index is 905. The zero-order valence-corrected chi connectivity index (χ0v) is 16.4. The lowest BCUT2D eigenvalue weighted by molar-refractivity contribution is -0.125. The summed E-state index contributed by atoms with van der Waals surface area (Å²) < 4.78 is 27.3. The first-order chi connectivity index (χ1) is 12.9. The van der Waals surface area contributed by atoms with Gasteiger partial charge < -0.3 is 0 Å². The van der Waals surface area contributed by atoms with Crippen molar-refractivity contribution in [2.75, 3.05) is 18.5 Å². The van der Waals surface area contributed by atoms with Crippen molar-refractivity contribution in [3.8, 4) is 0 Å². The highest BCUT2D eigenvalue weighted by Crippen LogP contribution is 2.26. The fraction of sp³-hybridized carbons (Fsp3) is 0.350. The van der Waals surface area contributed by atoms with E-state index in [2.05, 4.69) is 10.9 Å². The van der Waals surface area contributed by atoms with Gasteiger partial charge in [0.2, 0.25) is 15.9 Å². The Morgan fingerprint density at radius 1 is 1.04 bits per heavy atom. The Balaban J connectivity index is 1.58. The smallest absolute Gasteiger partial charge is 0.243 e. The molecule has 7 heteroatoms. The molecule has 1 aliphatic heterocycles. The van der Waals surface area contributed by atoms with Crippen LogP contribution in [0.2, 0.25) is 0 Å². The zero-order valence-electron chi connectivity index (χ0n) is 15.6. The van der Waals surface area contributed by atoms with Crippen LogP contribution >= 0.6 is 0 Å². The molecule has 2 N–H and O–H groups in total. The number of carbonyl (C=O) groups excluding carboxylic acids is 1. The molecule has 1 fully saturated rings. The van der Waals surface area contributed by atoms with Crippen molar-refractivity contribution in [2.24, 2.45) is 5.92 Å². The van der Waals surface area contributed by atoms with Gasteiger partial charge in [-0.1, -0.05) is 35.9 Å². The quantitative estimate of drug-likeness (QED) is 0.774. The van der Waals surface area contributed by atoms with Crippen LogP contribution in [0.1, 0.15) is 24.0 Å². The van der Waals surface area contributed by atoms with Crippen molar-refractivity contribution < 1.29 is 13.2 Å². The van der Waals surface area contributed by atoms with Crippen LogP contribution in [0.3, 0.4) is 0 Å². The van der Waals surface area contributed by atoms with E-state index in [9.17, 15) is 13.2 Å². The Hall–Kier alpha value is -2.38. The summed E-state index contributed by atoms with van der Waals surface area (Å²) in [6, 6.07) is 14.7. The number of hydrogen-bond acceptors (Lipinski definition) is 4. The molecule has 2 aromatic rings. The molecule has 1 saturated heterocycles. The number of rotatable bonds is 5. The predicted octanol–water partition coefficient (Wildman–Crippen LogP) is 2.85. The molecule has 2 aromatic carbocycles. The van der Waals surface area contributed by atoms with E-state index in [0.29, 0.717) is 30.8 Å². The first-order valence-electron chi connectivity index (χ1n) is 9.06. The molecular formula is C20H25N3O3S. The number of para-hydroxylation sites is 1. The van der Waals surface area contributed by atoms with Gasteiger partial charge in [0.15, 0.2) is 0 Å². The fourth-order valence-corrected chi connectivity index (χ4v) is 5.02. The maximum Gasteiger partial charge on any atom is 0.243 e. The summed E-state index contributed by atoms with van der Waals surface area (Å²) in [6.07, 6.45) is 1.01. The van der Waals surface area contributed by atoms with Crippen molar-refractivity contribution in [1.82, 2.24) is 9.73 Å². The topological polar surface area (TPSA) is 78.5 Å². The summed E-state index contributed by atoms with van der Waals surface area (Å²) in [5, 5.41) is 0. The number of benzene rings is 2.